The lowest BCUT2D eigenvalue weighted by molar-refractivity contribution is 0.486. The predicted molar refractivity (Wildman–Crippen MR) is 91.3 cm³/mol. The third kappa shape index (κ3) is 4.54. The molecule has 1 aliphatic carbocycles. The van der Waals surface area contributed by atoms with Crippen molar-refractivity contribution in [1.82, 2.24) is 0 Å². The molecule has 0 radical (unpaired) electrons. The van der Waals surface area contributed by atoms with Gasteiger partial charge in [0.15, 0.2) is 0 Å². The van der Waals surface area contributed by atoms with Crippen molar-refractivity contribution in [3.8, 4) is 0 Å². The summed E-state index contributed by atoms with van der Waals surface area (Å²) in [6.45, 7) is 2.12. The molecule has 1 aromatic rings. The third-order valence-corrected chi connectivity index (χ3v) is 6.79. The topological polar surface area (TPSA) is 72.2 Å². The predicted octanol–water partition coefficient (Wildman–Crippen LogP) is 3.85. The molecule has 1 aliphatic rings. The van der Waals surface area contributed by atoms with Gasteiger partial charge in [0.25, 0.3) is 0 Å². The van der Waals surface area contributed by atoms with E-state index in [1.54, 1.807) is 17.8 Å². The zero-order valence-corrected chi connectivity index (χ0v) is 14.1. The molecule has 4 nitrogen and oxygen atoms in total. The van der Waals surface area contributed by atoms with E-state index in [1.807, 2.05) is 12.1 Å². The minimum absolute atomic E-state index is 0.280. The second-order valence-corrected chi connectivity index (χ2v) is 8.63. The van der Waals surface area contributed by atoms with Gasteiger partial charge in [0.05, 0.1) is 16.6 Å². The van der Waals surface area contributed by atoms with E-state index in [0.717, 1.165) is 49.2 Å². The molecular formula is C15H24N2O2S2. The van der Waals surface area contributed by atoms with Gasteiger partial charge in [-0.3, -0.25) is 4.72 Å². The van der Waals surface area contributed by atoms with Crippen LogP contribution in [0, 0.1) is 0 Å². The Kier molecular flexibility index (Phi) is 5.81. The van der Waals surface area contributed by atoms with Crippen LogP contribution in [0.1, 0.15) is 45.4 Å². The van der Waals surface area contributed by atoms with Crippen molar-refractivity contribution in [1.29, 1.82) is 0 Å². The third-order valence-electron chi connectivity index (χ3n) is 3.74. The number of thioether (sulfide) groups is 1. The molecule has 0 aromatic heterocycles. The first-order valence-corrected chi connectivity index (χ1v) is 10.1. The summed E-state index contributed by atoms with van der Waals surface area (Å²) in [6.07, 6.45) is 5.70. The number of hydrogen-bond donors (Lipinski definition) is 2. The molecule has 1 saturated carbocycles. The van der Waals surface area contributed by atoms with Gasteiger partial charge in [0.2, 0.25) is 10.0 Å². The molecule has 0 unspecified atom stereocenters. The van der Waals surface area contributed by atoms with Crippen LogP contribution in [0.4, 0.5) is 11.4 Å². The van der Waals surface area contributed by atoms with Gasteiger partial charge in [-0.2, -0.15) is 0 Å². The number of benzene rings is 1. The number of nitrogens with two attached hydrogens (primary N) is 1. The van der Waals surface area contributed by atoms with Crippen LogP contribution >= 0.6 is 11.8 Å². The number of rotatable bonds is 6. The van der Waals surface area contributed by atoms with Crippen molar-refractivity contribution in [2.24, 2.45) is 0 Å². The second-order valence-electron chi connectivity index (χ2n) is 5.50. The molecule has 3 N–H and O–H groups in total. The first-order valence-electron chi connectivity index (χ1n) is 7.57. The van der Waals surface area contributed by atoms with Crippen molar-refractivity contribution in [2.45, 2.75) is 55.6 Å². The SMILES string of the molecule is CCCSc1ccc(N)c(NS(=O)(=O)C2CCCCC2)c1. The van der Waals surface area contributed by atoms with Crippen molar-refractivity contribution in [2.75, 3.05) is 16.2 Å². The monoisotopic (exact) mass is 328 g/mol. The molecule has 0 spiro atoms. The van der Waals surface area contributed by atoms with Gasteiger partial charge in [0, 0.05) is 4.90 Å². The first-order chi connectivity index (χ1) is 10.0. The van der Waals surface area contributed by atoms with Gasteiger partial charge >= 0.3 is 0 Å². The molecule has 0 saturated heterocycles. The van der Waals surface area contributed by atoms with Crippen LogP contribution in [0.15, 0.2) is 23.1 Å². The molecule has 0 aliphatic heterocycles. The zero-order chi connectivity index (χ0) is 15.3. The Bertz CT molecular complexity index is 567. The van der Waals surface area contributed by atoms with E-state index in [9.17, 15) is 8.42 Å². The van der Waals surface area contributed by atoms with E-state index in [2.05, 4.69) is 11.6 Å². The van der Waals surface area contributed by atoms with E-state index in [4.69, 9.17) is 5.73 Å². The highest BCUT2D eigenvalue weighted by atomic mass is 32.2. The van der Waals surface area contributed by atoms with Gasteiger partial charge in [-0.15, -0.1) is 11.8 Å². The number of hydrogen-bond acceptors (Lipinski definition) is 4. The van der Waals surface area contributed by atoms with Crippen LogP contribution in [-0.2, 0) is 10.0 Å². The maximum Gasteiger partial charge on any atom is 0.235 e. The first kappa shape index (κ1) is 16.5. The summed E-state index contributed by atoms with van der Waals surface area (Å²) in [5.41, 5.74) is 6.92. The second kappa shape index (κ2) is 7.40. The largest absolute Gasteiger partial charge is 0.397 e. The number of anilines is 2. The highest BCUT2D eigenvalue weighted by Gasteiger charge is 2.27. The quantitative estimate of drug-likeness (QED) is 0.614. The van der Waals surface area contributed by atoms with Crippen LogP contribution < -0.4 is 10.5 Å². The van der Waals surface area contributed by atoms with Crippen LogP contribution in [-0.4, -0.2) is 19.4 Å². The molecule has 0 heterocycles. The molecule has 0 bridgehead atoms. The number of nitrogen functional groups attached to an aromatic ring is 1. The molecule has 2 rings (SSSR count). The van der Waals surface area contributed by atoms with E-state index < -0.39 is 10.0 Å². The molecule has 1 fully saturated rings. The summed E-state index contributed by atoms with van der Waals surface area (Å²) in [6, 6.07) is 5.56. The summed E-state index contributed by atoms with van der Waals surface area (Å²) in [7, 11) is -3.34. The minimum atomic E-state index is -3.34. The van der Waals surface area contributed by atoms with E-state index in [-0.39, 0.29) is 5.25 Å². The van der Waals surface area contributed by atoms with Crippen molar-refractivity contribution in [3.05, 3.63) is 18.2 Å². The molecule has 0 atom stereocenters. The van der Waals surface area contributed by atoms with E-state index in [0.29, 0.717) is 11.4 Å². The Labute approximate surface area is 131 Å². The smallest absolute Gasteiger partial charge is 0.235 e. The maximum atomic E-state index is 12.5. The fraction of sp³-hybridized carbons (Fsp3) is 0.600. The lowest BCUT2D eigenvalue weighted by atomic mass is 10.0. The average Bonchev–Trinajstić information content (AvgIpc) is 2.49. The molecular weight excluding hydrogens is 304 g/mol. The molecule has 6 heteroatoms. The van der Waals surface area contributed by atoms with Gasteiger partial charge in [0.1, 0.15) is 0 Å². The Balaban J connectivity index is 2.13. The molecule has 0 amide bonds. The number of sulfonamides is 1. The highest BCUT2D eigenvalue weighted by Crippen LogP contribution is 2.30. The Morgan fingerprint density at radius 2 is 2.00 bits per heavy atom. The van der Waals surface area contributed by atoms with Gasteiger partial charge in [-0.1, -0.05) is 26.2 Å². The Morgan fingerprint density at radius 1 is 1.29 bits per heavy atom. The fourth-order valence-electron chi connectivity index (χ4n) is 2.55. The molecule has 21 heavy (non-hydrogen) atoms. The normalized spacial score (nSPS) is 16.8. The average molecular weight is 329 g/mol. The van der Waals surface area contributed by atoms with E-state index in [1.165, 1.54) is 0 Å². The number of nitrogens with one attached hydrogen (secondary N) is 1. The fourth-order valence-corrected chi connectivity index (χ4v) is 4.95. The maximum absolute atomic E-state index is 12.5. The van der Waals surface area contributed by atoms with Gasteiger partial charge in [-0.05, 0) is 43.2 Å². The van der Waals surface area contributed by atoms with Crippen molar-refractivity contribution >= 4 is 33.2 Å². The van der Waals surface area contributed by atoms with Gasteiger partial charge in [-0.25, -0.2) is 8.42 Å². The minimum Gasteiger partial charge on any atom is -0.397 e. The molecule has 1 aromatic carbocycles. The summed E-state index contributed by atoms with van der Waals surface area (Å²) in [5.74, 6) is 1.01. The van der Waals surface area contributed by atoms with Gasteiger partial charge < -0.3 is 5.73 Å². The summed E-state index contributed by atoms with van der Waals surface area (Å²) in [5, 5.41) is -0.280. The summed E-state index contributed by atoms with van der Waals surface area (Å²) in [4.78, 5) is 1.05. The summed E-state index contributed by atoms with van der Waals surface area (Å²) >= 11 is 1.71. The van der Waals surface area contributed by atoms with Crippen LogP contribution in [0.25, 0.3) is 0 Å². The van der Waals surface area contributed by atoms with Crippen molar-refractivity contribution in [3.63, 3.8) is 0 Å². The zero-order valence-electron chi connectivity index (χ0n) is 12.5. The lowest BCUT2D eigenvalue weighted by Crippen LogP contribution is -2.30. The summed E-state index contributed by atoms with van der Waals surface area (Å²) < 4.78 is 27.6. The Morgan fingerprint density at radius 3 is 2.67 bits per heavy atom. The highest BCUT2D eigenvalue weighted by molar-refractivity contribution is 7.99. The lowest BCUT2D eigenvalue weighted by Gasteiger charge is -2.23. The van der Waals surface area contributed by atoms with Crippen molar-refractivity contribution < 1.29 is 8.42 Å². The molecule has 118 valence electrons. The van der Waals surface area contributed by atoms with Crippen LogP contribution in [0.3, 0.4) is 0 Å². The Hall–Kier alpha value is -0.880. The van der Waals surface area contributed by atoms with Crippen LogP contribution in [0.5, 0.6) is 0 Å². The standard InChI is InChI=1S/C15H24N2O2S2/c1-2-10-20-12-8-9-14(16)15(11-12)17-21(18,19)13-6-4-3-5-7-13/h8-9,11,13,17H,2-7,10,16H2,1H3. The van der Waals surface area contributed by atoms with Crippen LogP contribution in [0.2, 0.25) is 0 Å². The van der Waals surface area contributed by atoms with E-state index >= 15 is 0 Å².